The van der Waals surface area contributed by atoms with Crippen LogP contribution in [0.25, 0.3) is 0 Å². The zero-order chi connectivity index (χ0) is 22.0. The molecule has 0 bridgehead atoms. The minimum Gasteiger partial charge on any atom is -0.444 e. The summed E-state index contributed by atoms with van der Waals surface area (Å²) in [6.07, 6.45) is 2.88. The van der Waals surface area contributed by atoms with Crippen molar-refractivity contribution in [3.05, 3.63) is 60.3 Å². The predicted octanol–water partition coefficient (Wildman–Crippen LogP) is 4.46. The molecule has 0 unspecified atom stereocenters. The van der Waals surface area contributed by atoms with Gasteiger partial charge in [0, 0.05) is 25.3 Å². The standard InChI is InChI=1S/C24H30N4O3/c1-24(2,3)31-23(30)26-15-12-19(13-16-26)28-20(18-9-5-4-6-10-18)17-27(22(28)29)21-11-7-8-14-25-21/h4-11,14,19-20H,12-13,15-17H2,1-3H3/t20-/m0/s1. The number of benzene rings is 1. The second-order valence-electron chi connectivity index (χ2n) is 9.11. The molecule has 7 heteroatoms. The van der Waals surface area contributed by atoms with Crippen LogP contribution in [0.15, 0.2) is 54.7 Å². The van der Waals surface area contributed by atoms with Gasteiger partial charge in [0.15, 0.2) is 0 Å². The zero-order valence-electron chi connectivity index (χ0n) is 18.4. The number of hydrogen-bond donors (Lipinski definition) is 0. The van der Waals surface area contributed by atoms with Crippen molar-refractivity contribution in [3.63, 3.8) is 0 Å². The summed E-state index contributed by atoms with van der Waals surface area (Å²) in [4.78, 5) is 35.8. The molecule has 0 saturated carbocycles. The molecule has 3 amide bonds. The van der Waals surface area contributed by atoms with Gasteiger partial charge in [-0.25, -0.2) is 14.6 Å². The Morgan fingerprint density at radius 2 is 1.71 bits per heavy atom. The first-order chi connectivity index (χ1) is 14.8. The summed E-state index contributed by atoms with van der Waals surface area (Å²) >= 11 is 0. The Kier molecular flexibility index (Phi) is 5.85. The van der Waals surface area contributed by atoms with Crippen LogP contribution in [0, 0.1) is 0 Å². The lowest BCUT2D eigenvalue weighted by Gasteiger charge is -2.39. The van der Waals surface area contributed by atoms with Crippen molar-refractivity contribution in [1.29, 1.82) is 0 Å². The average Bonchev–Trinajstić information content (AvgIpc) is 3.11. The number of nitrogens with zero attached hydrogens (tertiary/aromatic N) is 4. The molecule has 1 aromatic heterocycles. The van der Waals surface area contributed by atoms with E-state index < -0.39 is 5.60 Å². The molecule has 2 aliphatic rings. The number of pyridine rings is 1. The van der Waals surface area contributed by atoms with Gasteiger partial charge in [0.1, 0.15) is 11.4 Å². The maximum absolute atomic E-state index is 13.5. The molecule has 3 heterocycles. The molecule has 2 aromatic rings. The normalized spacial score (nSPS) is 20.3. The van der Waals surface area contributed by atoms with Crippen LogP contribution in [-0.4, -0.2) is 58.2 Å². The number of rotatable bonds is 3. The lowest BCUT2D eigenvalue weighted by atomic mass is 9.99. The van der Waals surface area contributed by atoms with E-state index in [9.17, 15) is 9.59 Å². The van der Waals surface area contributed by atoms with Crippen LogP contribution in [0.4, 0.5) is 15.4 Å². The molecular formula is C24H30N4O3. The summed E-state index contributed by atoms with van der Waals surface area (Å²) in [5, 5.41) is 0. The quantitative estimate of drug-likeness (QED) is 0.732. The van der Waals surface area contributed by atoms with Gasteiger partial charge in [0.25, 0.3) is 0 Å². The highest BCUT2D eigenvalue weighted by atomic mass is 16.6. The molecule has 4 rings (SSSR count). The molecule has 0 spiro atoms. The number of urea groups is 1. The smallest absolute Gasteiger partial charge is 0.410 e. The van der Waals surface area contributed by atoms with Gasteiger partial charge in [0.2, 0.25) is 0 Å². The van der Waals surface area contributed by atoms with Crippen LogP contribution < -0.4 is 4.90 Å². The minimum atomic E-state index is -0.513. The second kappa shape index (κ2) is 8.57. The summed E-state index contributed by atoms with van der Waals surface area (Å²) in [6.45, 7) is 7.33. The summed E-state index contributed by atoms with van der Waals surface area (Å²) < 4.78 is 5.51. The SMILES string of the molecule is CC(C)(C)OC(=O)N1CCC(N2C(=O)N(c3ccccn3)C[C@H]2c2ccccc2)CC1. The molecule has 0 N–H and O–H groups in total. The highest BCUT2D eigenvalue weighted by Gasteiger charge is 2.44. The fraction of sp³-hybridized carbons (Fsp3) is 0.458. The van der Waals surface area contributed by atoms with Crippen molar-refractivity contribution >= 4 is 17.9 Å². The van der Waals surface area contributed by atoms with E-state index in [0.29, 0.717) is 25.5 Å². The number of amides is 3. The number of likely N-dealkylation sites (tertiary alicyclic amines) is 1. The Morgan fingerprint density at radius 1 is 1.03 bits per heavy atom. The van der Waals surface area contributed by atoms with Gasteiger partial charge >= 0.3 is 12.1 Å². The molecule has 1 atom stereocenters. The first kappa shape index (κ1) is 21.2. The van der Waals surface area contributed by atoms with Gasteiger partial charge in [-0.15, -0.1) is 0 Å². The van der Waals surface area contributed by atoms with Gasteiger partial charge in [-0.2, -0.15) is 0 Å². The second-order valence-corrected chi connectivity index (χ2v) is 9.11. The number of hydrogen-bond acceptors (Lipinski definition) is 4. The Hall–Kier alpha value is -3.09. The van der Waals surface area contributed by atoms with Crippen molar-refractivity contribution in [2.45, 2.75) is 51.3 Å². The maximum Gasteiger partial charge on any atom is 0.410 e. The number of carbonyl (C=O) groups excluding carboxylic acids is 2. The number of anilines is 1. The van der Waals surface area contributed by atoms with E-state index in [1.165, 1.54) is 0 Å². The summed E-state index contributed by atoms with van der Waals surface area (Å²) in [5.74, 6) is 0.669. The van der Waals surface area contributed by atoms with Gasteiger partial charge in [-0.3, -0.25) is 4.90 Å². The first-order valence-corrected chi connectivity index (χ1v) is 10.9. The van der Waals surface area contributed by atoms with Gasteiger partial charge in [0.05, 0.1) is 12.6 Å². The van der Waals surface area contributed by atoms with Gasteiger partial charge in [-0.1, -0.05) is 36.4 Å². The Bertz CT molecular complexity index is 905. The van der Waals surface area contributed by atoms with Crippen LogP contribution in [0.5, 0.6) is 0 Å². The third-order valence-corrected chi connectivity index (χ3v) is 5.76. The van der Waals surface area contributed by atoms with Crippen LogP contribution in [0.3, 0.4) is 0 Å². The van der Waals surface area contributed by atoms with Gasteiger partial charge < -0.3 is 14.5 Å². The lowest BCUT2D eigenvalue weighted by Crippen LogP contribution is -2.49. The van der Waals surface area contributed by atoms with Crippen LogP contribution in [0.2, 0.25) is 0 Å². The predicted molar refractivity (Wildman–Crippen MR) is 119 cm³/mol. The van der Waals surface area contributed by atoms with E-state index in [2.05, 4.69) is 17.1 Å². The van der Waals surface area contributed by atoms with E-state index >= 15 is 0 Å². The van der Waals surface area contributed by atoms with E-state index in [-0.39, 0.29) is 24.2 Å². The fourth-order valence-corrected chi connectivity index (χ4v) is 4.32. The molecule has 2 fully saturated rings. The van der Waals surface area contributed by atoms with Crippen LogP contribution >= 0.6 is 0 Å². The Balaban J connectivity index is 1.52. The van der Waals surface area contributed by atoms with Crippen molar-refractivity contribution in [2.75, 3.05) is 24.5 Å². The molecular weight excluding hydrogens is 392 g/mol. The number of ether oxygens (including phenoxy) is 1. The van der Waals surface area contributed by atoms with Crippen LogP contribution in [-0.2, 0) is 4.74 Å². The highest BCUT2D eigenvalue weighted by molar-refractivity contribution is 5.94. The van der Waals surface area contributed by atoms with Crippen molar-refractivity contribution in [1.82, 2.24) is 14.8 Å². The van der Waals surface area contributed by atoms with E-state index in [1.807, 2.05) is 62.1 Å². The molecule has 1 aromatic carbocycles. The van der Waals surface area contributed by atoms with Crippen molar-refractivity contribution in [3.8, 4) is 0 Å². The monoisotopic (exact) mass is 422 g/mol. The third kappa shape index (κ3) is 4.65. The fourth-order valence-electron chi connectivity index (χ4n) is 4.32. The largest absolute Gasteiger partial charge is 0.444 e. The number of carbonyl (C=O) groups is 2. The summed E-state index contributed by atoms with van der Waals surface area (Å²) in [6, 6.07) is 15.7. The molecule has 0 aliphatic carbocycles. The Morgan fingerprint density at radius 3 is 2.32 bits per heavy atom. The molecule has 164 valence electrons. The van der Waals surface area contributed by atoms with E-state index in [1.54, 1.807) is 16.0 Å². The molecule has 0 radical (unpaired) electrons. The lowest BCUT2D eigenvalue weighted by molar-refractivity contribution is 0.0158. The molecule has 7 nitrogen and oxygen atoms in total. The molecule has 2 saturated heterocycles. The van der Waals surface area contributed by atoms with Crippen LogP contribution in [0.1, 0.15) is 45.2 Å². The Labute approximate surface area is 183 Å². The van der Waals surface area contributed by atoms with E-state index in [4.69, 9.17) is 4.74 Å². The van der Waals surface area contributed by atoms with Crippen molar-refractivity contribution in [2.24, 2.45) is 0 Å². The average molecular weight is 423 g/mol. The molecule has 2 aliphatic heterocycles. The van der Waals surface area contributed by atoms with E-state index in [0.717, 1.165) is 18.4 Å². The number of aromatic nitrogens is 1. The topological polar surface area (TPSA) is 66.0 Å². The maximum atomic E-state index is 13.5. The third-order valence-electron chi connectivity index (χ3n) is 5.76. The highest BCUT2D eigenvalue weighted by Crippen LogP contribution is 2.36. The van der Waals surface area contributed by atoms with Gasteiger partial charge in [-0.05, 0) is 51.3 Å². The first-order valence-electron chi connectivity index (χ1n) is 10.9. The summed E-state index contributed by atoms with van der Waals surface area (Å²) in [7, 11) is 0. The molecule has 31 heavy (non-hydrogen) atoms. The van der Waals surface area contributed by atoms with Crippen molar-refractivity contribution < 1.29 is 14.3 Å². The minimum absolute atomic E-state index is 0.0247. The summed E-state index contributed by atoms with van der Waals surface area (Å²) in [5.41, 5.74) is 0.601. The zero-order valence-corrected chi connectivity index (χ0v) is 18.4. The number of piperidine rings is 1.